The van der Waals surface area contributed by atoms with Gasteiger partial charge in [-0.3, -0.25) is 4.79 Å². The Morgan fingerprint density at radius 3 is 2.00 bits per heavy atom. The van der Waals surface area contributed by atoms with Gasteiger partial charge < -0.3 is 19.9 Å². The molecular weight excluding hydrogens is 286 g/mol. The Balaban J connectivity index is -0.000000637. The van der Waals surface area contributed by atoms with Crippen LogP contribution in [0.3, 0.4) is 0 Å². The molecule has 0 fully saturated rings. The SMILES string of the molecule is CC.CC(C)(C)OC(=O)NCC(=O)OCCCCO.CCC. The quantitative estimate of drug-likeness (QED) is 0.579. The first-order chi connectivity index (χ1) is 10.3. The fourth-order valence-electron chi connectivity index (χ4n) is 0.909. The molecule has 2 N–H and O–H groups in total. The minimum absolute atomic E-state index is 0.0771. The number of ether oxygens (including phenoxy) is 2. The highest BCUT2D eigenvalue weighted by Gasteiger charge is 2.16. The summed E-state index contributed by atoms with van der Waals surface area (Å²) in [6.07, 6.45) is 1.80. The molecule has 0 radical (unpaired) electrons. The van der Waals surface area contributed by atoms with Crippen LogP contribution < -0.4 is 5.32 Å². The molecule has 6 nitrogen and oxygen atoms in total. The first-order valence-electron chi connectivity index (χ1n) is 8.00. The molecule has 0 aliphatic carbocycles. The summed E-state index contributed by atoms with van der Waals surface area (Å²) in [4.78, 5) is 22.3. The third-order valence-corrected chi connectivity index (χ3v) is 1.59. The van der Waals surface area contributed by atoms with E-state index < -0.39 is 17.7 Å². The summed E-state index contributed by atoms with van der Waals surface area (Å²) in [6.45, 7) is 13.6. The Hall–Kier alpha value is -1.30. The fraction of sp³-hybridized carbons (Fsp3) is 0.875. The lowest BCUT2D eigenvalue weighted by molar-refractivity contribution is -0.142. The van der Waals surface area contributed by atoms with Gasteiger partial charge in [0, 0.05) is 6.61 Å². The molecule has 0 aromatic rings. The standard InChI is InChI=1S/C11H21NO5.C3H8.C2H6/c1-11(2,3)17-10(15)12-8-9(14)16-7-5-4-6-13;1-3-2;1-2/h13H,4-8H2,1-3H3,(H,12,15);3H2,1-2H3;1-2H3. The van der Waals surface area contributed by atoms with E-state index in [1.807, 2.05) is 13.8 Å². The molecule has 6 heteroatoms. The van der Waals surface area contributed by atoms with E-state index in [4.69, 9.17) is 14.6 Å². The molecule has 0 heterocycles. The van der Waals surface area contributed by atoms with Crippen molar-refractivity contribution in [1.82, 2.24) is 5.32 Å². The maximum Gasteiger partial charge on any atom is 0.408 e. The zero-order chi connectivity index (χ0) is 18.0. The minimum atomic E-state index is -0.648. The first-order valence-corrected chi connectivity index (χ1v) is 8.00. The maximum atomic E-state index is 11.2. The zero-order valence-corrected chi connectivity index (χ0v) is 15.3. The van der Waals surface area contributed by atoms with E-state index in [2.05, 4.69) is 19.2 Å². The molecule has 0 saturated carbocycles. The van der Waals surface area contributed by atoms with Crippen LogP contribution in [-0.2, 0) is 14.3 Å². The van der Waals surface area contributed by atoms with Gasteiger partial charge in [0.05, 0.1) is 6.61 Å². The highest BCUT2D eigenvalue weighted by molar-refractivity contribution is 5.77. The lowest BCUT2D eigenvalue weighted by Gasteiger charge is -2.19. The summed E-state index contributed by atoms with van der Waals surface area (Å²) in [6, 6.07) is 0. The predicted octanol–water partition coefficient (Wildman–Crippen LogP) is 3.27. The molecule has 0 aromatic heterocycles. The molecule has 1 amide bonds. The molecule has 0 atom stereocenters. The second-order valence-electron chi connectivity index (χ2n) is 5.21. The zero-order valence-electron chi connectivity index (χ0n) is 15.3. The normalized spacial score (nSPS) is 9.45. The van der Waals surface area contributed by atoms with Crippen LogP contribution in [0.15, 0.2) is 0 Å². The van der Waals surface area contributed by atoms with Crippen molar-refractivity contribution in [3.63, 3.8) is 0 Å². The van der Waals surface area contributed by atoms with Crippen LogP contribution in [-0.4, -0.2) is 42.5 Å². The van der Waals surface area contributed by atoms with Crippen molar-refractivity contribution in [2.45, 2.75) is 73.3 Å². The molecular formula is C16H35NO5. The molecule has 0 aliphatic rings. The van der Waals surface area contributed by atoms with Crippen molar-refractivity contribution in [3.8, 4) is 0 Å². The largest absolute Gasteiger partial charge is 0.464 e. The van der Waals surface area contributed by atoms with Crippen molar-refractivity contribution in [1.29, 1.82) is 0 Å². The summed E-state index contributed by atoms with van der Waals surface area (Å²) in [5.41, 5.74) is -0.588. The average molecular weight is 321 g/mol. The van der Waals surface area contributed by atoms with E-state index in [0.29, 0.717) is 12.8 Å². The topological polar surface area (TPSA) is 84.9 Å². The van der Waals surface area contributed by atoms with E-state index in [1.54, 1.807) is 20.8 Å². The van der Waals surface area contributed by atoms with E-state index in [9.17, 15) is 9.59 Å². The first kappa shape index (κ1) is 25.6. The number of alkyl carbamates (subject to hydrolysis) is 1. The van der Waals surface area contributed by atoms with Crippen LogP contribution in [0.5, 0.6) is 0 Å². The van der Waals surface area contributed by atoms with Crippen molar-refractivity contribution < 1.29 is 24.2 Å². The number of amides is 1. The lowest BCUT2D eigenvalue weighted by Crippen LogP contribution is -2.36. The maximum absolute atomic E-state index is 11.2. The Labute approximate surface area is 135 Å². The Kier molecular flexibility index (Phi) is 20.7. The predicted molar refractivity (Wildman–Crippen MR) is 88.8 cm³/mol. The average Bonchev–Trinajstić information content (AvgIpc) is 2.43. The number of nitrogens with one attached hydrogen (secondary N) is 1. The third-order valence-electron chi connectivity index (χ3n) is 1.59. The number of rotatable bonds is 6. The Morgan fingerprint density at radius 1 is 1.09 bits per heavy atom. The highest BCUT2D eigenvalue weighted by atomic mass is 16.6. The van der Waals surface area contributed by atoms with Gasteiger partial charge in [0.25, 0.3) is 0 Å². The van der Waals surface area contributed by atoms with Crippen LogP contribution in [0, 0.1) is 0 Å². The number of esters is 1. The van der Waals surface area contributed by atoms with E-state index in [0.717, 1.165) is 0 Å². The third kappa shape index (κ3) is 27.1. The van der Waals surface area contributed by atoms with Crippen LogP contribution in [0.4, 0.5) is 4.79 Å². The molecule has 0 aliphatic heterocycles. The number of hydrogen-bond acceptors (Lipinski definition) is 5. The van der Waals surface area contributed by atoms with Crippen LogP contribution in [0.1, 0.15) is 67.7 Å². The number of carbonyl (C=O) groups excluding carboxylic acids is 2. The number of unbranched alkanes of at least 4 members (excludes halogenated alkanes) is 1. The van der Waals surface area contributed by atoms with Gasteiger partial charge in [-0.15, -0.1) is 0 Å². The minimum Gasteiger partial charge on any atom is -0.464 e. The van der Waals surface area contributed by atoms with Crippen molar-refractivity contribution in [2.75, 3.05) is 19.8 Å². The van der Waals surface area contributed by atoms with Crippen molar-refractivity contribution >= 4 is 12.1 Å². The van der Waals surface area contributed by atoms with Gasteiger partial charge in [-0.05, 0) is 33.6 Å². The lowest BCUT2D eigenvalue weighted by atomic mass is 10.2. The molecule has 134 valence electrons. The summed E-state index contributed by atoms with van der Waals surface area (Å²) in [7, 11) is 0. The number of aliphatic hydroxyl groups is 1. The molecule has 0 saturated heterocycles. The van der Waals surface area contributed by atoms with Gasteiger partial charge in [0.15, 0.2) is 0 Å². The molecule has 22 heavy (non-hydrogen) atoms. The van der Waals surface area contributed by atoms with Gasteiger partial charge in [0.1, 0.15) is 12.1 Å². The van der Waals surface area contributed by atoms with Gasteiger partial charge >= 0.3 is 12.1 Å². The molecule has 0 bridgehead atoms. The van der Waals surface area contributed by atoms with Gasteiger partial charge in [-0.1, -0.05) is 34.1 Å². The van der Waals surface area contributed by atoms with Crippen molar-refractivity contribution in [2.24, 2.45) is 0 Å². The number of aliphatic hydroxyl groups excluding tert-OH is 1. The monoisotopic (exact) mass is 321 g/mol. The van der Waals surface area contributed by atoms with Gasteiger partial charge in [-0.25, -0.2) is 4.79 Å². The number of hydrogen-bond donors (Lipinski definition) is 2. The molecule has 0 spiro atoms. The van der Waals surface area contributed by atoms with Gasteiger partial charge in [-0.2, -0.15) is 0 Å². The molecule has 0 unspecified atom stereocenters. The Morgan fingerprint density at radius 2 is 1.59 bits per heavy atom. The van der Waals surface area contributed by atoms with Crippen molar-refractivity contribution in [3.05, 3.63) is 0 Å². The van der Waals surface area contributed by atoms with E-state index >= 15 is 0 Å². The molecule has 0 aromatic carbocycles. The summed E-state index contributed by atoms with van der Waals surface area (Å²) in [5.74, 6) is -0.520. The Bertz CT molecular complexity index is 262. The number of carbonyl (C=O) groups is 2. The summed E-state index contributed by atoms with van der Waals surface area (Å²) < 4.78 is 9.74. The van der Waals surface area contributed by atoms with Crippen LogP contribution >= 0.6 is 0 Å². The van der Waals surface area contributed by atoms with E-state index in [1.165, 1.54) is 6.42 Å². The highest BCUT2D eigenvalue weighted by Crippen LogP contribution is 2.06. The fourth-order valence-corrected chi connectivity index (χ4v) is 0.909. The van der Waals surface area contributed by atoms with Gasteiger partial charge in [0.2, 0.25) is 0 Å². The second-order valence-corrected chi connectivity index (χ2v) is 5.21. The second kappa shape index (κ2) is 17.8. The summed E-state index contributed by atoms with van der Waals surface area (Å²) in [5, 5.41) is 10.8. The molecule has 0 rings (SSSR count). The summed E-state index contributed by atoms with van der Waals surface area (Å²) >= 11 is 0. The van der Waals surface area contributed by atoms with Crippen LogP contribution in [0.2, 0.25) is 0 Å². The van der Waals surface area contributed by atoms with E-state index in [-0.39, 0.29) is 19.8 Å². The van der Waals surface area contributed by atoms with Crippen LogP contribution in [0.25, 0.3) is 0 Å². The smallest absolute Gasteiger partial charge is 0.408 e.